The van der Waals surface area contributed by atoms with Crippen LogP contribution in [-0.4, -0.2) is 17.8 Å². The molecule has 0 spiro atoms. The van der Waals surface area contributed by atoms with Crippen LogP contribution in [-0.2, 0) is 4.74 Å². The van der Waals surface area contributed by atoms with Gasteiger partial charge < -0.3 is 9.84 Å². The molecule has 2 atom stereocenters. The van der Waals surface area contributed by atoms with Gasteiger partial charge in [-0.25, -0.2) is 0 Å². The molecule has 0 bridgehead atoms. The first-order chi connectivity index (χ1) is 7.15. The lowest BCUT2D eigenvalue weighted by Crippen LogP contribution is -2.23. The summed E-state index contributed by atoms with van der Waals surface area (Å²) in [5, 5.41) is 9.58. The maximum Gasteiger partial charge on any atom is 0.0850 e. The van der Waals surface area contributed by atoms with Gasteiger partial charge in [0.1, 0.15) is 0 Å². The van der Waals surface area contributed by atoms with Gasteiger partial charge in [-0.2, -0.15) is 0 Å². The van der Waals surface area contributed by atoms with Gasteiger partial charge in [-0.15, -0.1) is 0 Å². The first kappa shape index (κ1) is 11.6. The van der Waals surface area contributed by atoms with E-state index in [1.54, 1.807) is 0 Å². The van der Waals surface area contributed by atoms with Crippen LogP contribution in [0.2, 0.25) is 0 Å². The van der Waals surface area contributed by atoms with E-state index in [9.17, 15) is 5.11 Å². The minimum atomic E-state index is -0.235. The van der Waals surface area contributed by atoms with Crippen molar-refractivity contribution in [2.45, 2.75) is 25.0 Å². The maximum absolute atomic E-state index is 9.58. The summed E-state index contributed by atoms with van der Waals surface area (Å²) in [6.45, 7) is 0.635. The Morgan fingerprint density at radius 3 is 2.47 bits per heavy atom. The Bertz CT molecular complexity index is 334. The summed E-state index contributed by atoms with van der Waals surface area (Å²) in [6, 6.07) is 6.06. The summed E-state index contributed by atoms with van der Waals surface area (Å²) in [5.41, 5.74) is 1.11. The number of halogens is 2. The number of ether oxygens (including phenoxy) is 1. The molecule has 1 saturated heterocycles. The summed E-state index contributed by atoms with van der Waals surface area (Å²) >= 11 is 6.89. The third-order valence-corrected chi connectivity index (χ3v) is 3.43. The molecule has 15 heavy (non-hydrogen) atoms. The molecular formula is C11H12Br2O2. The van der Waals surface area contributed by atoms with Gasteiger partial charge in [0.2, 0.25) is 0 Å². The zero-order valence-corrected chi connectivity index (χ0v) is 11.3. The molecule has 0 amide bonds. The van der Waals surface area contributed by atoms with Crippen molar-refractivity contribution in [1.82, 2.24) is 0 Å². The van der Waals surface area contributed by atoms with E-state index >= 15 is 0 Å². The van der Waals surface area contributed by atoms with Gasteiger partial charge in [0.05, 0.1) is 12.2 Å². The smallest absolute Gasteiger partial charge is 0.0850 e. The molecule has 1 fully saturated rings. The second-order valence-corrected chi connectivity index (χ2v) is 5.57. The molecular weight excluding hydrogens is 324 g/mol. The highest BCUT2D eigenvalue weighted by molar-refractivity contribution is 9.11. The second-order valence-electron chi connectivity index (χ2n) is 3.74. The summed E-state index contributed by atoms with van der Waals surface area (Å²) < 4.78 is 7.69. The number of hydrogen-bond acceptors (Lipinski definition) is 2. The second kappa shape index (κ2) is 4.95. The van der Waals surface area contributed by atoms with Crippen molar-refractivity contribution in [1.29, 1.82) is 0 Å². The normalized spacial score (nSPS) is 26.6. The minimum absolute atomic E-state index is 0.0162. The van der Waals surface area contributed by atoms with Crippen molar-refractivity contribution >= 4 is 31.9 Å². The van der Waals surface area contributed by atoms with Gasteiger partial charge in [-0.05, 0) is 30.2 Å². The molecule has 1 aromatic carbocycles. The Balaban J connectivity index is 2.20. The van der Waals surface area contributed by atoms with Crippen LogP contribution in [0, 0.1) is 0 Å². The van der Waals surface area contributed by atoms with Crippen LogP contribution >= 0.6 is 31.9 Å². The molecule has 2 unspecified atom stereocenters. The van der Waals surface area contributed by atoms with Crippen molar-refractivity contribution in [2.24, 2.45) is 0 Å². The fourth-order valence-corrected chi connectivity index (χ4v) is 3.10. The highest BCUT2D eigenvalue weighted by Crippen LogP contribution is 2.31. The molecule has 1 aliphatic heterocycles. The molecule has 1 aliphatic rings. The Kier molecular flexibility index (Phi) is 3.83. The van der Waals surface area contributed by atoms with Crippen molar-refractivity contribution < 1.29 is 9.84 Å². The first-order valence-electron chi connectivity index (χ1n) is 4.91. The van der Waals surface area contributed by atoms with Crippen LogP contribution < -0.4 is 0 Å². The van der Waals surface area contributed by atoms with Crippen LogP contribution in [0.1, 0.15) is 24.5 Å². The first-order valence-corrected chi connectivity index (χ1v) is 6.49. The van der Waals surface area contributed by atoms with Gasteiger partial charge in [0, 0.05) is 22.0 Å². The minimum Gasteiger partial charge on any atom is -0.393 e. The summed E-state index contributed by atoms with van der Waals surface area (Å²) in [4.78, 5) is 0. The van der Waals surface area contributed by atoms with E-state index in [2.05, 4.69) is 31.9 Å². The van der Waals surface area contributed by atoms with E-state index in [0.29, 0.717) is 13.0 Å². The fraction of sp³-hybridized carbons (Fsp3) is 0.455. The zero-order chi connectivity index (χ0) is 10.8. The number of aliphatic hydroxyl groups is 1. The number of hydrogen-bond donors (Lipinski definition) is 1. The number of benzene rings is 1. The Morgan fingerprint density at radius 2 is 1.87 bits per heavy atom. The van der Waals surface area contributed by atoms with Crippen molar-refractivity contribution in [3.63, 3.8) is 0 Å². The van der Waals surface area contributed by atoms with E-state index in [4.69, 9.17) is 4.74 Å². The highest BCUT2D eigenvalue weighted by atomic mass is 79.9. The lowest BCUT2D eigenvalue weighted by Gasteiger charge is -2.27. The third-order valence-electron chi connectivity index (χ3n) is 2.51. The molecule has 2 nitrogen and oxygen atoms in total. The van der Waals surface area contributed by atoms with E-state index in [1.807, 2.05) is 18.2 Å². The van der Waals surface area contributed by atoms with Crippen LogP contribution in [0.25, 0.3) is 0 Å². The molecule has 0 aliphatic carbocycles. The Labute approximate surface area is 106 Å². The molecule has 82 valence electrons. The molecule has 0 radical (unpaired) electrons. The monoisotopic (exact) mass is 334 g/mol. The van der Waals surface area contributed by atoms with Crippen molar-refractivity contribution in [2.75, 3.05) is 6.61 Å². The molecule has 2 rings (SSSR count). The highest BCUT2D eigenvalue weighted by Gasteiger charge is 2.22. The molecule has 1 aromatic rings. The van der Waals surface area contributed by atoms with E-state index in [1.165, 1.54) is 0 Å². The average Bonchev–Trinajstić information content (AvgIpc) is 2.16. The van der Waals surface area contributed by atoms with Crippen LogP contribution in [0.15, 0.2) is 27.1 Å². The standard InChI is InChI=1S/C11H12Br2O2/c12-8-3-7(4-9(13)5-8)11-6-10(14)1-2-15-11/h3-5,10-11,14H,1-2,6H2. The van der Waals surface area contributed by atoms with Gasteiger partial charge in [-0.1, -0.05) is 31.9 Å². The Hall–Kier alpha value is 0.1000. The predicted molar refractivity (Wildman–Crippen MR) is 65.8 cm³/mol. The lowest BCUT2D eigenvalue weighted by molar-refractivity contribution is -0.0448. The van der Waals surface area contributed by atoms with Gasteiger partial charge >= 0.3 is 0 Å². The van der Waals surface area contributed by atoms with Crippen LogP contribution in [0.4, 0.5) is 0 Å². The molecule has 4 heteroatoms. The van der Waals surface area contributed by atoms with Crippen LogP contribution in [0.3, 0.4) is 0 Å². The SMILES string of the molecule is OC1CCOC(c2cc(Br)cc(Br)c2)C1. The quantitative estimate of drug-likeness (QED) is 0.852. The largest absolute Gasteiger partial charge is 0.393 e. The van der Waals surface area contributed by atoms with Gasteiger partial charge in [0.25, 0.3) is 0 Å². The maximum atomic E-state index is 9.58. The number of rotatable bonds is 1. The lowest BCUT2D eigenvalue weighted by atomic mass is 10.00. The summed E-state index contributed by atoms with van der Waals surface area (Å²) in [7, 11) is 0. The molecule has 1 heterocycles. The van der Waals surface area contributed by atoms with Crippen LogP contribution in [0.5, 0.6) is 0 Å². The van der Waals surface area contributed by atoms with Crippen molar-refractivity contribution in [3.05, 3.63) is 32.7 Å². The fourth-order valence-electron chi connectivity index (χ4n) is 1.77. The molecule has 1 N–H and O–H groups in total. The topological polar surface area (TPSA) is 29.5 Å². The molecule has 0 saturated carbocycles. The van der Waals surface area contributed by atoms with E-state index < -0.39 is 0 Å². The van der Waals surface area contributed by atoms with Gasteiger partial charge in [-0.3, -0.25) is 0 Å². The van der Waals surface area contributed by atoms with Gasteiger partial charge in [0.15, 0.2) is 0 Å². The summed E-state index contributed by atoms with van der Waals surface area (Å²) in [5.74, 6) is 0. The predicted octanol–water partition coefficient (Wildman–Crippen LogP) is 3.42. The number of aliphatic hydroxyl groups excluding tert-OH is 1. The average molecular weight is 336 g/mol. The zero-order valence-electron chi connectivity index (χ0n) is 8.12. The molecule has 0 aromatic heterocycles. The van der Waals surface area contributed by atoms with Crippen molar-refractivity contribution in [3.8, 4) is 0 Å². The summed E-state index contributed by atoms with van der Waals surface area (Å²) in [6.07, 6.45) is 1.21. The van der Waals surface area contributed by atoms with E-state index in [-0.39, 0.29) is 12.2 Å². The third kappa shape index (κ3) is 3.03. The Morgan fingerprint density at radius 1 is 1.20 bits per heavy atom. The van der Waals surface area contributed by atoms with E-state index in [0.717, 1.165) is 20.9 Å².